The average Bonchev–Trinajstić information content (AvgIpc) is 3.34. The van der Waals surface area contributed by atoms with Crippen LogP contribution in [0.15, 0.2) is 47.4 Å². The fraction of sp³-hybridized carbons (Fsp3) is 0.300. The van der Waals surface area contributed by atoms with E-state index in [1.54, 1.807) is 16.7 Å². The number of thioether (sulfide) groups is 1. The van der Waals surface area contributed by atoms with E-state index in [9.17, 15) is 4.79 Å². The van der Waals surface area contributed by atoms with Crippen LogP contribution in [0.4, 0.5) is 5.13 Å². The molecule has 0 radical (unpaired) electrons. The lowest BCUT2D eigenvalue weighted by molar-refractivity contribution is 0.0915. The molecule has 1 amide bonds. The van der Waals surface area contributed by atoms with Gasteiger partial charge in [-0.15, -0.1) is 11.8 Å². The van der Waals surface area contributed by atoms with Crippen molar-refractivity contribution in [3.8, 4) is 0 Å². The Morgan fingerprint density at radius 3 is 3.00 bits per heavy atom. The number of hydrogen-bond donors (Lipinski definition) is 0. The molecule has 0 N–H and O–H groups in total. The van der Waals surface area contributed by atoms with Crippen LogP contribution in [0.3, 0.4) is 0 Å². The molecule has 1 fully saturated rings. The van der Waals surface area contributed by atoms with Gasteiger partial charge in [-0.3, -0.25) is 9.69 Å². The summed E-state index contributed by atoms with van der Waals surface area (Å²) < 4.78 is 6.77. The predicted molar refractivity (Wildman–Crippen MR) is 114 cm³/mol. The molecule has 27 heavy (non-hydrogen) atoms. The van der Waals surface area contributed by atoms with E-state index in [-0.39, 0.29) is 12.0 Å². The normalized spacial score (nSPS) is 16.7. The molecule has 0 saturated carbocycles. The molecule has 2 heterocycles. The van der Waals surface area contributed by atoms with E-state index in [0.29, 0.717) is 22.3 Å². The van der Waals surface area contributed by atoms with E-state index in [2.05, 4.69) is 0 Å². The SMILES string of the molecule is CSc1ccccc1C(=O)N(CC1CCCO1)c1nc2ccc(Cl)cc2s1. The number of amides is 1. The molecular weight excluding hydrogens is 400 g/mol. The Hall–Kier alpha value is -1.60. The number of fused-ring (bicyclic) bond motifs is 1. The van der Waals surface area contributed by atoms with Gasteiger partial charge in [0.2, 0.25) is 0 Å². The summed E-state index contributed by atoms with van der Waals surface area (Å²) in [7, 11) is 0. The highest BCUT2D eigenvalue weighted by Gasteiger charge is 2.28. The van der Waals surface area contributed by atoms with Crippen molar-refractivity contribution in [3.63, 3.8) is 0 Å². The Morgan fingerprint density at radius 1 is 1.37 bits per heavy atom. The van der Waals surface area contributed by atoms with Crippen molar-refractivity contribution in [3.05, 3.63) is 53.1 Å². The first-order valence-electron chi connectivity index (χ1n) is 8.78. The van der Waals surface area contributed by atoms with Crippen molar-refractivity contribution in [2.75, 3.05) is 24.3 Å². The van der Waals surface area contributed by atoms with Crippen LogP contribution < -0.4 is 4.90 Å². The highest BCUT2D eigenvalue weighted by Crippen LogP contribution is 2.33. The predicted octanol–water partition coefficient (Wildman–Crippen LogP) is 5.50. The second-order valence-electron chi connectivity index (χ2n) is 6.36. The van der Waals surface area contributed by atoms with Gasteiger partial charge in [0.05, 0.1) is 28.4 Å². The third-order valence-corrected chi connectivity index (χ3v) is 6.63. The molecule has 3 aromatic rings. The third kappa shape index (κ3) is 3.99. The van der Waals surface area contributed by atoms with E-state index in [4.69, 9.17) is 21.3 Å². The Bertz CT molecular complexity index is 970. The van der Waals surface area contributed by atoms with Crippen LogP contribution in [0.2, 0.25) is 5.02 Å². The number of halogens is 1. The van der Waals surface area contributed by atoms with Crippen LogP contribution in [0.5, 0.6) is 0 Å². The third-order valence-electron chi connectivity index (χ3n) is 4.56. The minimum Gasteiger partial charge on any atom is -0.376 e. The Balaban J connectivity index is 1.74. The summed E-state index contributed by atoms with van der Waals surface area (Å²) in [5.74, 6) is -0.0411. The lowest BCUT2D eigenvalue weighted by Gasteiger charge is -2.24. The molecule has 1 atom stereocenters. The zero-order chi connectivity index (χ0) is 18.8. The number of rotatable bonds is 5. The van der Waals surface area contributed by atoms with Crippen molar-refractivity contribution in [1.29, 1.82) is 0 Å². The van der Waals surface area contributed by atoms with Crippen molar-refractivity contribution in [1.82, 2.24) is 4.98 Å². The molecule has 140 valence electrons. The van der Waals surface area contributed by atoms with Crippen molar-refractivity contribution >= 4 is 56.0 Å². The Morgan fingerprint density at radius 2 is 2.22 bits per heavy atom. The molecule has 0 bridgehead atoms. The van der Waals surface area contributed by atoms with Crippen molar-refractivity contribution in [2.45, 2.75) is 23.8 Å². The number of carbonyl (C=O) groups is 1. The van der Waals surface area contributed by atoms with Crippen LogP contribution in [0, 0.1) is 0 Å². The van der Waals surface area contributed by atoms with Gasteiger partial charge in [-0.25, -0.2) is 4.98 Å². The molecule has 1 saturated heterocycles. The highest BCUT2D eigenvalue weighted by atomic mass is 35.5. The number of thiazole rings is 1. The van der Waals surface area contributed by atoms with Gasteiger partial charge in [-0.1, -0.05) is 35.1 Å². The first kappa shape index (κ1) is 18.7. The van der Waals surface area contributed by atoms with E-state index >= 15 is 0 Å². The first-order valence-corrected chi connectivity index (χ1v) is 11.2. The number of nitrogens with zero attached hydrogens (tertiary/aromatic N) is 2. The molecule has 7 heteroatoms. The van der Waals surface area contributed by atoms with Gasteiger partial charge in [0, 0.05) is 16.5 Å². The van der Waals surface area contributed by atoms with Crippen LogP contribution in [0.25, 0.3) is 10.2 Å². The van der Waals surface area contributed by atoms with Crippen LogP contribution in [0.1, 0.15) is 23.2 Å². The lowest BCUT2D eigenvalue weighted by atomic mass is 10.1. The van der Waals surface area contributed by atoms with Crippen LogP contribution in [-0.2, 0) is 4.74 Å². The minimum absolute atomic E-state index is 0.0411. The Labute approximate surface area is 171 Å². The van der Waals surface area contributed by atoms with E-state index in [1.807, 2.05) is 48.7 Å². The fourth-order valence-electron chi connectivity index (χ4n) is 3.21. The summed E-state index contributed by atoms with van der Waals surface area (Å²) in [6.45, 7) is 1.26. The van der Waals surface area contributed by atoms with Gasteiger partial charge in [0.15, 0.2) is 5.13 Å². The summed E-state index contributed by atoms with van der Waals surface area (Å²) in [5, 5.41) is 1.35. The molecular formula is C20H19ClN2O2S2. The van der Waals surface area contributed by atoms with E-state index < -0.39 is 0 Å². The van der Waals surface area contributed by atoms with Gasteiger partial charge in [-0.2, -0.15) is 0 Å². The fourth-order valence-corrected chi connectivity index (χ4v) is 5.05. The molecule has 4 rings (SSSR count). The van der Waals surface area contributed by atoms with E-state index in [0.717, 1.165) is 34.6 Å². The number of ether oxygens (including phenoxy) is 1. The monoisotopic (exact) mass is 418 g/mol. The smallest absolute Gasteiger partial charge is 0.261 e. The minimum atomic E-state index is -0.0411. The molecule has 0 spiro atoms. The summed E-state index contributed by atoms with van der Waals surface area (Å²) >= 11 is 9.18. The second kappa shape index (κ2) is 8.19. The van der Waals surface area contributed by atoms with Crippen molar-refractivity contribution in [2.24, 2.45) is 0 Å². The summed E-state index contributed by atoms with van der Waals surface area (Å²) in [5.41, 5.74) is 1.54. The molecule has 1 aliphatic rings. The largest absolute Gasteiger partial charge is 0.376 e. The maximum absolute atomic E-state index is 13.5. The number of hydrogen-bond acceptors (Lipinski definition) is 5. The van der Waals surface area contributed by atoms with Gasteiger partial charge in [-0.05, 0) is 49.4 Å². The average molecular weight is 419 g/mol. The highest BCUT2D eigenvalue weighted by molar-refractivity contribution is 7.98. The number of aromatic nitrogens is 1. The van der Waals surface area contributed by atoms with Gasteiger partial charge < -0.3 is 4.74 Å². The molecule has 1 unspecified atom stereocenters. The van der Waals surface area contributed by atoms with Crippen molar-refractivity contribution < 1.29 is 9.53 Å². The summed E-state index contributed by atoms with van der Waals surface area (Å²) in [6.07, 6.45) is 4.02. The zero-order valence-electron chi connectivity index (χ0n) is 14.9. The molecule has 2 aromatic carbocycles. The van der Waals surface area contributed by atoms with Gasteiger partial charge >= 0.3 is 0 Å². The summed E-state index contributed by atoms with van der Waals surface area (Å²) in [6, 6.07) is 13.3. The lowest BCUT2D eigenvalue weighted by Crippen LogP contribution is -2.37. The number of anilines is 1. The molecule has 1 aromatic heterocycles. The number of carbonyl (C=O) groups excluding carboxylic acids is 1. The van der Waals surface area contributed by atoms with Gasteiger partial charge in [0.1, 0.15) is 0 Å². The van der Waals surface area contributed by atoms with Crippen LogP contribution in [-0.4, -0.2) is 36.4 Å². The van der Waals surface area contributed by atoms with E-state index in [1.165, 1.54) is 11.3 Å². The van der Waals surface area contributed by atoms with Gasteiger partial charge in [0.25, 0.3) is 5.91 Å². The standard InChI is InChI=1S/C20H19ClN2O2S2/c1-26-17-7-3-2-6-15(17)19(24)23(12-14-5-4-10-25-14)20-22-16-9-8-13(21)11-18(16)27-20/h2-3,6-9,11,14H,4-5,10,12H2,1H3. The zero-order valence-corrected chi connectivity index (χ0v) is 17.2. The Kier molecular flexibility index (Phi) is 5.68. The quantitative estimate of drug-likeness (QED) is 0.513. The topological polar surface area (TPSA) is 42.4 Å². The first-order chi connectivity index (χ1) is 13.2. The number of benzene rings is 2. The maximum Gasteiger partial charge on any atom is 0.261 e. The molecule has 4 nitrogen and oxygen atoms in total. The molecule has 1 aliphatic heterocycles. The summed E-state index contributed by atoms with van der Waals surface area (Å²) in [4.78, 5) is 20.9. The molecule has 0 aliphatic carbocycles. The van der Waals surface area contributed by atoms with Crippen LogP contribution >= 0.6 is 34.7 Å². The maximum atomic E-state index is 13.5. The second-order valence-corrected chi connectivity index (χ2v) is 8.65.